The molecule has 2 aliphatic carbocycles. The molecule has 1 aromatic rings. The molecule has 0 radical (unpaired) electrons. The van der Waals surface area contributed by atoms with Crippen LogP contribution < -0.4 is 0 Å². The lowest BCUT2D eigenvalue weighted by Crippen LogP contribution is -2.03. The van der Waals surface area contributed by atoms with Crippen molar-refractivity contribution in [2.75, 3.05) is 0 Å². The zero-order chi connectivity index (χ0) is 12.0. The summed E-state index contributed by atoms with van der Waals surface area (Å²) in [7, 11) is 0. The van der Waals surface area contributed by atoms with Crippen molar-refractivity contribution in [3.63, 3.8) is 0 Å². The van der Waals surface area contributed by atoms with Crippen LogP contribution in [0.15, 0.2) is 18.2 Å². The van der Waals surface area contributed by atoms with Gasteiger partial charge in [0.05, 0.1) is 6.10 Å². The van der Waals surface area contributed by atoms with E-state index in [9.17, 15) is 13.9 Å². The highest BCUT2D eigenvalue weighted by molar-refractivity contribution is 5.23. The van der Waals surface area contributed by atoms with E-state index in [2.05, 4.69) is 0 Å². The van der Waals surface area contributed by atoms with E-state index in [0.29, 0.717) is 17.4 Å². The highest BCUT2D eigenvalue weighted by Crippen LogP contribution is 2.60. The Morgan fingerprint density at radius 2 is 1.53 bits per heavy atom. The number of fused-ring (bicyclic) bond motifs is 1. The summed E-state index contributed by atoms with van der Waals surface area (Å²) in [6.45, 7) is 0. The van der Waals surface area contributed by atoms with E-state index < -0.39 is 17.7 Å². The molecular weight excluding hydrogens is 222 g/mol. The molecule has 0 amide bonds. The Kier molecular flexibility index (Phi) is 2.66. The average Bonchev–Trinajstić information content (AvgIpc) is 3.00. The zero-order valence-electron chi connectivity index (χ0n) is 9.57. The lowest BCUT2D eigenvalue weighted by molar-refractivity contribution is 0.141. The molecule has 0 saturated heterocycles. The van der Waals surface area contributed by atoms with Gasteiger partial charge in [-0.2, -0.15) is 0 Å². The highest BCUT2D eigenvalue weighted by Gasteiger charge is 2.54. The number of rotatable bonds is 2. The summed E-state index contributed by atoms with van der Waals surface area (Å²) in [6.07, 6.45) is 4.06. The SMILES string of the molecule is OC(c1cc(F)cc(F)c1)C1C2CCCCC21. The first-order chi connectivity index (χ1) is 8.16. The number of hydrogen-bond donors (Lipinski definition) is 1. The van der Waals surface area contributed by atoms with Gasteiger partial charge in [0.25, 0.3) is 0 Å². The standard InChI is InChI=1S/C14H16F2O/c15-9-5-8(6-10(16)7-9)14(17)13-11-3-1-2-4-12(11)13/h5-7,11-14,17H,1-4H2. The fraction of sp³-hybridized carbons (Fsp3) is 0.571. The first-order valence-electron chi connectivity index (χ1n) is 6.31. The normalized spacial score (nSPS) is 33.0. The van der Waals surface area contributed by atoms with Crippen molar-refractivity contribution >= 4 is 0 Å². The van der Waals surface area contributed by atoms with Gasteiger partial charge in [-0.25, -0.2) is 8.78 Å². The van der Waals surface area contributed by atoms with Crippen LogP contribution in [-0.4, -0.2) is 5.11 Å². The van der Waals surface area contributed by atoms with Crippen LogP contribution in [0, 0.1) is 29.4 Å². The van der Waals surface area contributed by atoms with Gasteiger partial charge in [-0.05, 0) is 48.3 Å². The van der Waals surface area contributed by atoms with Crippen molar-refractivity contribution in [3.05, 3.63) is 35.4 Å². The van der Waals surface area contributed by atoms with Gasteiger partial charge in [0.15, 0.2) is 0 Å². The lowest BCUT2D eigenvalue weighted by atomic mass is 10.0. The molecule has 2 aliphatic rings. The van der Waals surface area contributed by atoms with Crippen LogP contribution in [-0.2, 0) is 0 Å². The maximum absolute atomic E-state index is 13.1. The largest absolute Gasteiger partial charge is 0.388 e. The van der Waals surface area contributed by atoms with Gasteiger partial charge in [0, 0.05) is 6.07 Å². The summed E-state index contributed by atoms with van der Waals surface area (Å²) in [5, 5.41) is 10.2. The van der Waals surface area contributed by atoms with Gasteiger partial charge < -0.3 is 5.11 Å². The summed E-state index contributed by atoms with van der Waals surface area (Å²) < 4.78 is 26.2. The fourth-order valence-electron chi connectivity index (χ4n) is 3.48. The molecule has 3 unspecified atom stereocenters. The number of aliphatic hydroxyl groups excluding tert-OH is 1. The Bertz CT molecular complexity index is 400. The molecule has 0 spiro atoms. The van der Waals surface area contributed by atoms with Crippen molar-refractivity contribution in [3.8, 4) is 0 Å². The molecule has 0 bridgehead atoms. The van der Waals surface area contributed by atoms with Crippen LogP contribution in [0.1, 0.15) is 37.4 Å². The summed E-state index contributed by atoms with van der Waals surface area (Å²) in [5.74, 6) is 0.152. The third-order valence-corrected chi connectivity index (χ3v) is 4.31. The first kappa shape index (κ1) is 11.1. The minimum absolute atomic E-state index is 0.221. The molecule has 1 aromatic carbocycles. The Balaban J connectivity index is 1.80. The van der Waals surface area contributed by atoms with E-state index in [4.69, 9.17) is 0 Å². The lowest BCUT2D eigenvalue weighted by Gasteiger charge is -2.11. The fourth-order valence-corrected chi connectivity index (χ4v) is 3.48. The molecule has 3 atom stereocenters. The second-order valence-corrected chi connectivity index (χ2v) is 5.34. The second-order valence-electron chi connectivity index (χ2n) is 5.34. The Morgan fingerprint density at radius 3 is 2.06 bits per heavy atom. The number of benzene rings is 1. The van der Waals surface area contributed by atoms with Crippen LogP contribution in [0.2, 0.25) is 0 Å². The molecule has 3 rings (SSSR count). The van der Waals surface area contributed by atoms with Gasteiger partial charge in [0.2, 0.25) is 0 Å². The van der Waals surface area contributed by atoms with Gasteiger partial charge in [-0.3, -0.25) is 0 Å². The number of hydrogen-bond acceptors (Lipinski definition) is 1. The van der Waals surface area contributed by atoms with E-state index in [-0.39, 0.29) is 5.92 Å². The molecule has 17 heavy (non-hydrogen) atoms. The summed E-state index contributed by atoms with van der Waals surface area (Å²) in [6, 6.07) is 3.34. The van der Waals surface area contributed by atoms with E-state index in [1.54, 1.807) is 0 Å². The number of aliphatic hydroxyl groups is 1. The van der Waals surface area contributed by atoms with E-state index in [1.807, 2.05) is 0 Å². The minimum Gasteiger partial charge on any atom is -0.388 e. The van der Waals surface area contributed by atoms with Crippen molar-refractivity contribution in [2.45, 2.75) is 31.8 Å². The summed E-state index contributed by atoms with van der Waals surface area (Å²) >= 11 is 0. The molecule has 2 saturated carbocycles. The smallest absolute Gasteiger partial charge is 0.126 e. The third-order valence-electron chi connectivity index (χ3n) is 4.31. The summed E-state index contributed by atoms with van der Waals surface area (Å²) in [4.78, 5) is 0. The zero-order valence-corrected chi connectivity index (χ0v) is 9.57. The molecule has 1 nitrogen and oxygen atoms in total. The van der Waals surface area contributed by atoms with E-state index >= 15 is 0 Å². The molecule has 92 valence electrons. The second kappa shape index (κ2) is 4.05. The van der Waals surface area contributed by atoms with Crippen LogP contribution in [0.5, 0.6) is 0 Å². The molecule has 2 fully saturated rings. The molecule has 0 aliphatic heterocycles. The van der Waals surface area contributed by atoms with Crippen LogP contribution >= 0.6 is 0 Å². The maximum atomic E-state index is 13.1. The first-order valence-corrected chi connectivity index (χ1v) is 6.31. The van der Waals surface area contributed by atoms with Crippen molar-refractivity contribution in [1.82, 2.24) is 0 Å². The minimum atomic E-state index is -0.701. The number of halogens is 2. The predicted molar refractivity (Wildman–Crippen MR) is 60.3 cm³/mol. The molecule has 0 aromatic heterocycles. The third kappa shape index (κ3) is 1.97. The van der Waals surface area contributed by atoms with Crippen molar-refractivity contribution < 1.29 is 13.9 Å². The van der Waals surface area contributed by atoms with E-state index in [1.165, 1.54) is 25.0 Å². The Hall–Kier alpha value is -0.960. The Morgan fingerprint density at radius 1 is 1.00 bits per heavy atom. The predicted octanol–water partition coefficient (Wildman–Crippen LogP) is 3.43. The van der Waals surface area contributed by atoms with E-state index in [0.717, 1.165) is 18.9 Å². The highest BCUT2D eigenvalue weighted by atomic mass is 19.1. The molecule has 3 heteroatoms. The van der Waals surface area contributed by atoms with Gasteiger partial charge in [-0.15, -0.1) is 0 Å². The maximum Gasteiger partial charge on any atom is 0.126 e. The van der Waals surface area contributed by atoms with Crippen LogP contribution in [0.25, 0.3) is 0 Å². The summed E-state index contributed by atoms with van der Waals surface area (Å²) in [5.41, 5.74) is 0.391. The van der Waals surface area contributed by atoms with Crippen LogP contribution in [0.4, 0.5) is 8.78 Å². The topological polar surface area (TPSA) is 20.2 Å². The van der Waals surface area contributed by atoms with Crippen LogP contribution in [0.3, 0.4) is 0 Å². The molecule has 1 N–H and O–H groups in total. The molecular formula is C14H16F2O. The monoisotopic (exact) mass is 238 g/mol. The quantitative estimate of drug-likeness (QED) is 0.836. The Labute approximate surface area is 99.5 Å². The molecule has 0 heterocycles. The van der Waals surface area contributed by atoms with Crippen molar-refractivity contribution in [1.29, 1.82) is 0 Å². The average molecular weight is 238 g/mol. The van der Waals surface area contributed by atoms with Gasteiger partial charge in [0.1, 0.15) is 11.6 Å². The van der Waals surface area contributed by atoms with Gasteiger partial charge in [-0.1, -0.05) is 12.8 Å². The van der Waals surface area contributed by atoms with Crippen molar-refractivity contribution in [2.24, 2.45) is 17.8 Å². The van der Waals surface area contributed by atoms with Gasteiger partial charge >= 0.3 is 0 Å².